The highest BCUT2D eigenvalue weighted by Crippen LogP contribution is 2.40. The van der Waals surface area contributed by atoms with Gasteiger partial charge in [0.15, 0.2) is 23.1 Å². The van der Waals surface area contributed by atoms with Crippen molar-refractivity contribution in [2.45, 2.75) is 0 Å². The molecule has 0 saturated carbocycles. The molecule has 0 radical (unpaired) electrons. The molecular weight excluding hydrogens is 673 g/mol. The van der Waals surface area contributed by atoms with E-state index in [1.54, 1.807) is 0 Å². The summed E-state index contributed by atoms with van der Waals surface area (Å²) in [7, 11) is 0. The summed E-state index contributed by atoms with van der Waals surface area (Å²) < 4.78 is 6.60. The molecule has 0 fully saturated rings. The second-order valence-electron chi connectivity index (χ2n) is 13.8. The van der Waals surface area contributed by atoms with E-state index in [1.165, 1.54) is 5.39 Å². The molecule has 5 nitrogen and oxygen atoms in total. The zero-order valence-corrected chi connectivity index (χ0v) is 29.5. The Morgan fingerprint density at radius 1 is 0.327 bits per heavy atom. The molecule has 0 aliphatic heterocycles. The Morgan fingerprint density at radius 3 is 1.75 bits per heavy atom. The van der Waals surface area contributed by atoms with Crippen molar-refractivity contribution in [2.75, 3.05) is 0 Å². The van der Waals surface area contributed by atoms with Gasteiger partial charge in [-0.3, -0.25) is 0 Å². The van der Waals surface area contributed by atoms with Gasteiger partial charge in [0.1, 0.15) is 5.52 Å². The lowest BCUT2D eigenvalue weighted by atomic mass is 9.93. The van der Waals surface area contributed by atoms with Crippen LogP contribution in [-0.2, 0) is 0 Å². The average molecular weight is 703 g/mol. The van der Waals surface area contributed by atoms with Gasteiger partial charge in [-0.1, -0.05) is 152 Å². The second kappa shape index (κ2) is 12.6. The Hall–Kier alpha value is -7.50. The van der Waals surface area contributed by atoms with Crippen LogP contribution >= 0.6 is 0 Å². The minimum atomic E-state index is 0.608. The van der Waals surface area contributed by atoms with Crippen LogP contribution in [0.2, 0.25) is 0 Å². The molecule has 11 aromatic rings. The van der Waals surface area contributed by atoms with Gasteiger partial charge in [0.05, 0.1) is 0 Å². The molecular formula is C50H30N4O. The topological polar surface area (TPSA) is 64.7 Å². The number of hydrogen-bond donors (Lipinski definition) is 0. The quantitative estimate of drug-likeness (QED) is 0.167. The summed E-state index contributed by atoms with van der Waals surface area (Å²) in [5.41, 5.74) is 7.57. The number of rotatable bonds is 5. The summed E-state index contributed by atoms with van der Waals surface area (Å²) in [5, 5.41) is 8.79. The summed E-state index contributed by atoms with van der Waals surface area (Å²) in [6.45, 7) is 0. The maximum atomic E-state index is 6.60. The largest absolute Gasteiger partial charge is 0.435 e. The highest BCUT2D eigenvalue weighted by atomic mass is 16.3. The Balaban J connectivity index is 1.15. The van der Waals surface area contributed by atoms with E-state index in [4.69, 9.17) is 24.4 Å². The van der Waals surface area contributed by atoms with Crippen molar-refractivity contribution >= 4 is 54.2 Å². The minimum absolute atomic E-state index is 0.608. The van der Waals surface area contributed by atoms with Crippen molar-refractivity contribution in [3.05, 3.63) is 182 Å². The summed E-state index contributed by atoms with van der Waals surface area (Å²) in [5.74, 6) is 2.46. The molecule has 11 rings (SSSR count). The van der Waals surface area contributed by atoms with E-state index in [9.17, 15) is 0 Å². The molecule has 0 saturated heterocycles. The molecule has 2 aromatic heterocycles. The first-order chi connectivity index (χ1) is 27.2. The predicted molar refractivity (Wildman–Crippen MR) is 225 cm³/mol. The molecule has 0 unspecified atom stereocenters. The van der Waals surface area contributed by atoms with Crippen LogP contribution in [0.25, 0.3) is 111 Å². The van der Waals surface area contributed by atoms with Crippen molar-refractivity contribution in [2.24, 2.45) is 0 Å². The normalized spacial score (nSPS) is 11.6. The van der Waals surface area contributed by atoms with Gasteiger partial charge >= 0.3 is 0 Å². The fraction of sp³-hybridized carbons (Fsp3) is 0. The lowest BCUT2D eigenvalue weighted by molar-refractivity contribution is 0.623. The number of oxazole rings is 1. The summed E-state index contributed by atoms with van der Waals surface area (Å²) in [6.07, 6.45) is 0. The van der Waals surface area contributed by atoms with E-state index in [0.29, 0.717) is 23.4 Å². The first-order valence-electron chi connectivity index (χ1n) is 18.4. The van der Waals surface area contributed by atoms with Crippen LogP contribution in [0.3, 0.4) is 0 Å². The van der Waals surface area contributed by atoms with Crippen LogP contribution in [0.1, 0.15) is 0 Å². The lowest BCUT2D eigenvalue weighted by Crippen LogP contribution is -2.01. The molecule has 0 spiro atoms. The first-order valence-corrected chi connectivity index (χ1v) is 18.4. The van der Waals surface area contributed by atoms with Crippen molar-refractivity contribution in [1.29, 1.82) is 0 Å². The average Bonchev–Trinajstić information content (AvgIpc) is 3.71. The van der Waals surface area contributed by atoms with E-state index < -0.39 is 0 Å². The van der Waals surface area contributed by atoms with Gasteiger partial charge in [0.25, 0.3) is 0 Å². The third-order valence-electron chi connectivity index (χ3n) is 10.5. The SMILES string of the molecule is c1ccc(-c2cccc(-c3nc(-c4ccc5ccccc5c4)nc(-c4cccc5c4ccc4ccc6ccc7nc(-c8ccccc8)oc7c6c45)n3)c2)cc1. The Morgan fingerprint density at radius 2 is 0.927 bits per heavy atom. The van der Waals surface area contributed by atoms with Crippen LogP contribution in [0.4, 0.5) is 0 Å². The standard InChI is InChI=1S/C50H30N4O/c1-3-11-31(12-4-1)37-17-9-18-38(29-37)47-52-48(39-24-21-32-13-7-8-16-36(32)30-39)54-49(53-47)42-20-10-19-41-40(42)27-25-33-22-23-34-26-28-43-46(45(34)44(33)41)55-50(51-43)35-14-5-2-6-15-35/h1-30H. The summed E-state index contributed by atoms with van der Waals surface area (Å²) in [6, 6.07) is 62.9. The number of fused-ring (bicyclic) bond motifs is 8. The van der Waals surface area contributed by atoms with Crippen LogP contribution in [0, 0.1) is 0 Å². The van der Waals surface area contributed by atoms with Crippen molar-refractivity contribution in [3.8, 4) is 56.7 Å². The Bertz CT molecular complexity index is 3260. The maximum absolute atomic E-state index is 6.60. The Labute approximate surface area is 316 Å². The molecule has 5 heteroatoms. The molecule has 55 heavy (non-hydrogen) atoms. The van der Waals surface area contributed by atoms with Gasteiger partial charge in [-0.05, 0) is 73.8 Å². The van der Waals surface area contributed by atoms with Gasteiger partial charge in [-0.15, -0.1) is 0 Å². The molecule has 2 heterocycles. The Kier molecular flexibility index (Phi) is 7.10. The fourth-order valence-corrected chi connectivity index (χ4v) is 7.83. The third kappa shape index (κ3) is 5.33. The maximum Gasteiger partial charge on any atom is 0.227 e. The highest BCUT2D eigenvalue weighted by Gasteiger charge is 2.19. The summed E-state index contributed by atoms with van der Waals surface area (Å²) >= 11 is 0. The molecule has 0 aliphatic carbocycles. The van der Waals surface area contributed by atoms with Crippen LogP contribution in [0.15, 0.2) is 186 Å². The van der Waals surface area contributed by atoms with E-state index in [0.717, 1.165) is 82.2 Å². The van der Waals surface area contributed by atoms with Crippen LogP contribution < -0.4 is 0 Å². The van der Waals surface area contributed by atoms with E-state index in [-0.39, 0.29) is 0 Å². The van der Waals surface area contributed by atoms with Crippen molar-refractivity contribution in [1.82, 2.24) is 19.9 Å². The first kappa shape index (κ1) is 31.1. The van der Waals surface area contributed by atoms with E-state index >= 15 is 0 Å². The van der Waals surface area contributed by atoms with Crippen molar-refractivity contribution < 1.29 is 4.42 Å². The van der Waals surface area contributed by atoms with Gasteiger partial charge in [0, 0.05) is 33.0 Å². The lowest BCUT2D eigenvalue weighted by Gasteiger charge is -2.13. The molecule has 0 amide bonds. The van der Waals surface area contributed by atoms with Crippen LogP contribution in [-0.4, -0.2) is 19.9 Å². The third-order valence-corrected chi connectivity index (χ3v) is 10.5. The minimum Gasteiger partial charge on any atom is -0.435 e. The van der Waals surface area contributed by atoms with Gasteiger partial charge in [-0.25, -0.2) is 19.9 Å². The number of aromatic nitrogens is 4. The molecule has 0 bridgehead atoms. The highest BCUT2D eigenvalue weighted by molar-refractivity contribution is 6.27. The zero-order chi connectivity index (χ0) is 36.3. The summed E-state index contributed by atoms with van der Waals surface area (Å²) in [4.78, 5) is 20.5. The molecule has 256 valence electrons. The van der Waals surface area contributed by atoms with E-state index in [1.807, 2.05) is 42.5 Å². The smallest absolute Gasteiger partial charge is 0.227 e. The van der Waals surface area contributed by atoms with Crippen LogP contribution in [0.5, 0.6) is 0 Å². The molecule has 0 atom stereocenters. The van der Waals surface area contributed by atoms with Gasteiger partial charge < -0.3 is 4.42 Å². The predicted octanol–water partition coefficient (Wildman–Crippen LogP) is 13.0. The zero-order valence-electron chi connectivity index (χ0n) is 29.5. The fourth-order valence-electron chi connectivity index (χ4n) is 7.83. The number of benzene rings is 9. The molecule has 0 aliphatic rings. The molecule has 9 aromatic carbocycles. The van der Waals surface area contributed by atoms with Gasteiger partial charge in [0.2, 0.25) is 5.89 Å². The van der Waals surface area contributed by atoms with E-state index in [2.05, 4.69) is 140 Å². The number of nitrogens with zero attached hydrogens (tertiary/aromatic N) is 4. The monoisotopic (exact) mass is 702 g/mol. The number of hydrogen-bond acceptors (Lipinski definition) is 5. The molecule has 0 N–H and O–H groups in total. The van der Waals surface area contributed by atoms with Crippen molar-refractivity contribution in [3.63, 3.8) is 0 Å². The van der Waals surface area contributed by atoms with Gasteiger partial charge in [-0.2, -0.15) is 0 Å². The second-order valence-corrected chi connectivity index (χ2v) is 13.8.